The minimum atomic E-state index is -4.31. The Labute approximate surface area is 158 Å². The highest BCUT2D eigenvalue weighted by atomic mass is 31.2. The first-order valence-electron chi connectivity index (χ1n) is 8.36. The Bertz CT molecular complexity index is 644. The molecule has 1 amide bonds. The number of amides is 1. The first kappa shape index (κ1) is 23.1. The third-order valence-electron chi connectivity index (χ3n) is 2.86. The highest BCUT2D eigenvalue weighted by Gasteiger charge is 2.29. The highest BCUT2D eigenvalue weighted by molar-refractivity contribution is 7.47. The normalized spacial score (nSPS) is 13.5. The number of carbonyl (C=O) groups excluding carboxylic acids is 2. The van der Waals surface area contributed by atoms with Crippen molar-refractivity contribution in [3.63, 3.8) is 0 Å². The van der Waals surface area contributed by atoms with Crippen molar-refractivity contribution in [1.82, 2.24) is 5.32 Å². The van der Waals surface area contributed by atoms with E-state index in [1.54, 1.807) is 20.8 Å². The van der Waals surface area contributed by atoms with Crippen molar-refractivity contribution in [3.8, 4) is 0 Å². The van der Waals surface area contributed by atoms with Gasteiger partial charge >= 0.3 is 19.9 Å². The largest absolute Gasteiger partial charge is 0.475 e. The topological polar surface area (TPSA) is 120 Å². The average molecular weight is 403 g/mol. The monoisotopic (exact) mass is 403 g/mol. The molecule has 0 fully saturated rings. The molecule has 1 atom stereocenters. The van der Waals surface area contributed by atoms with Crippen LogP contribution in [0.15, 0.2) is 30.3 Å². The first-order chi connectivity index (χ1) is 12.6. The second kappa shape index (κ2) is 11.0. The summed E-state index contributed by atoms with van der Waals surface area (Å²) in [5.74, 6) is -0.377. The molecular formula is C17H26NO8P. The minimum absolute atomic E-state index is 0.134. The average Bonchev–Trinajstić information content (AvgIpc) is 2.55. The first-order valence-corrected chi connectivity index (χ1v) is 9.85. The zero-order valence-corrected chi connectivity index (χ0v) is 16.6. The third kappa shape index (κ3) is 12.1. The fourth-order valence-corrected chi connectivity index (χ4v) is 2.73. The van der Waals surface area contributed by atoms with Gasteiger partial charge in [0.2, 0.25) is 6.79 Å². The molecule has 10 heteroatoms. The number of alkyl carbamates (subject to hydrolysis) is 1. The van der Waals surface area contributed by atoms with E-state index in [1.807, 2.05) is 30.3 Å². The summed E-state index contributed by atoms with van der Waals surface area (Å²) in [7, 11) is -4.31. The Morgan fingerprint density at radius 1 is 1.15 bits per heavy atom. The maximum absolute atomic E-state index is 11.6. The van der Waals surface area contributed by atoms with E-state index in [9.17, 15) is 19.0 Å². The van der Waals surface area contributed by atoms with Crippen LogP contribution in [0.1, 0.15) is 39.2 Å². The summed E-state index contributed by atoms with van der Waals surface area (Å²) in [5, 5.41) is 2.39. The van der Waals surface area contributed by atoms with Crippen molar-refractivity contribution in [2.45, 2.75) is 45.8 Å². The van der Waals surface area contributed by atoms with E-state index >= 15 is 0 Å². The predicted molar refractivity (Wildman–Crippen MR) is 96.6 cm³/mol. The third-order valence-corrected chi connectivity index (χ3v) is 4.07. The second-order valence-electron chi connectivity index (χ2n) is 6.53. The number of esters is 1. The number of hydrogen-bond acceptors (Lipinski definition) is 7. The van der Waals surface area contributed by atoms with Crippen molar-refractivity contribution in [1.29, 1.82) is 0 Å². The molecule has 0 aliphatic carbocycles. The summed E-state index contributed by atoms with van der Waals surface area (Å²) in [4.78, 5) is 32.4. The molecule has 9 nitrogen and oxygen atoms in total. The number of carbonyl (C=O) groups is 2. The van der Waals surface area contributed by atoms with E-state index in [1.165, 1.54) is 0 Å². The van der Waals surface area contributed by atoms with Crippen molar-refractivity contribution in [2.75, 3.05) is 13.3 Å². The molecule has 0 spiro atoms. The van der Waals surface area contributed by atoms with Gasteiger partial charge < -0.3 is 19.7 Å². The molecule has 1 unspecified atom stereocenters. The molecule has 2 N–H and O–H groups in total. The second-order valence-corrected chi connectivity index (χ2v) is 7.91. The van der Waals surface area contributed by atoms with Crippen LogP contribution in [0, 0.1) is 0 Å². The summed E-state index contributed by atoms with van der Waals surface area (Å²) in [6, 6.07) is 9.29. The lowest BCUT2D eigenvalue weighted by Crippen LogP contribution is -2.27. The SMILES string of the molecule is CC(C)(C)OP(=O)(O)OCOC(=O)NCCCC(=O)OCc1ccccc1. The van der Waals surface area contributed by atoms with E-state index in [0.717, 1.165) is 5.56 Å². The van der Waals surface area contributed by atoms with Crippen LogP contribution in [-0.2, 0) is 34.5 Å². The van der Waals surface area contributed by atoms with Gasteiger partial charge in [0, 0.05) is 13.0 Å². The van der Waals surface area contributed by atoms with Gasteiger partial charge in [0.05, 0.1) is 5.60 Å². The van der Waals surface area contributed by atoms with Crippen LogP contribution in [0.3, 0.4) is 0 Å². The number of hydrogen-bond donors (Lipinski definition) is 2. The molecule has 0 radical (unpaired) electrons. The number of phosphoric ester groups is 1. The van der Waals surface area contributed by atoms with Crippen LogP contribution < -0.4 is 5.32 Å². The molecule has 0 saturated carbocycles. The molecule has 0 aliphatic rings. The van der Waals surface area contributed by atoms with Gasteiger partial charge in [-0.05, 0) is 32.8 Å². The van der Waals surface area contributed by atoms with E-state index in [4.69, 9.17) is 9.26 Å². The lowest BCUT2D eigenvalue weighted by atomic mass is 10.2. The van der Waals surface area contributed by atoms with E-state index in [-0.39, 0.29) is 25.5 Å². The number of ether oxygens (including phenoxy) is 2. The van der Waals surface area contributed by atoms with Gasteiger partial charge in [-0.1, -0.05) is 30.3 Å². The van der Waals surface area contributed by atoms with Gasteiger partial charge in [0.25, 0.3) is 0 Å². The lowest BCUT2D eigenvalue weighted by molar-refractivity contribution is -0.145. The van der Waals surface area contributed by atoms with Gasteiger partial charge in [0.15, 0.2) is 0 Å². The molecule has 0 saturated heterocycles. The van der Waals surface area contributed by atoms with Crippen molar-refractivity contribution in [3.05, 3.63) is 35.9 Å². The number of benzene rings is 1. The molecule has 0 bridgehead atoms. The summed E-state index contributed by atoms with van der Waals surface area (Å²) in [5.41, 5.74) is 0.00550. The quantitative estimate of drug-likeness (QED) is 0.265. The van der Waals surface area contributed by atoms with Gasteiger partial charge in [-0.15, -0.1) is 0 Å². The fraction of sp³-hybridized carbons (Fsp3) is 0.529. The van der Waals surface area contributed by atoms with Gasteiger partial charge in [-0.3, -0.25) is 9.32 Å². The Kier molecular flexibility index (Phi) is 9.45. The Hall–Kier alpha value is -1.93. The van der Waals surface area contributed by atoms with E-state index < -0.39 is 26.3 Å². The summed E-state index contributed by atoms with van der Waals surface area (Å²) in [6.07, 6.45) is -0.354. The van der Waals surface area contributed by atoms with Gasteiger partial charge in [-0.25, -0.2) is 13.9 Å². The summed E-state index contributed by atoms with van der Waals surface area (Å²) < 4.78 is 30.6. The zero-order chi connectivity index (χ0) is 20.3. The van der Waals surface area contributed by atoms with Crippen LogP contribution in [0.5, 0.6) is 0 Å². The molecule has 1 aromatic rings. The predicted octanol–water partition coefficient (Wildman–Crippen LogP) is 3.13. The van der Waals surface area contributed by atoms with E-state index in [2.05, 4.69) is 14.6 Å². The van der Waals surface area contributed by atoms with Crippen LogP contribution in [0.25, 0.3) is 0 Å². The fourth-order valence-electron chi connectivity index (χ4n) is 1.80. The van der Waals surface area contributed by atoms with Crippen molar-refractivity contribution >= 4 is 19.9 Å². The van der Waals surface area contributed by atoms with Crippen molar-refractivity contribution in [2.24, 2.45) is 0 Å². The van der Waals surface area contributed by atoms with Gasteiger partial charge in [-0.2, -0.15) is 0 Å². The Morgan fingerprint density at radius 2 is 1.81 bits per heavy atom. The molecule has 0 aliphatic heterocycles. The maximum atomic E-state index is 11.6. The summed E-state index contributed by atoms with van der Waals surface area (Å²) in [6.45, 7) is 4.38. The van der Waals surface area contributed by atoms with Crippen LogP contribution >= 0.6 is 7.82 Å². The van der Waals surface area contributed by atoms with Crippen LogP contribution in [-0.4, -0.2) is 35.9 Å². The standard InChI is InChI=1S/C17H26NO8P/c1-17(2,3)26-27(21,22)25-13-24-16(20)18-11-7-10-15(19)23-12-14-8-5-4-6-9-14/h4-6,8-9H,7,10-13H2,1-3H3,(H,18,20)(H,21,22). The molecule has 27 heavy (non-hydrogen) atoms. The molecule has 1 aromatic carbocycles. The molecule has 1 rings (SSSR count). The molecule has 152 valence electrons. The van der Waals surface area contributed by atoms with Crippen LogP contribution in [0.4, 0.5) is 4.79 Å². The molecule has 0 heterocycles. The lowest BCUT2D eigenvalue weighted by Gasteiger charge is -2.22. The maximum Gasteiger partial charge on any atom is 0.475 e. The number of nitrogens with one attached hydrogen (secondary N) is 1. The number of rotatable bonds is 10. The van der Waals surface area contributed by atoms with Crippen molar-refractivity contribution < 1.29 is 37.6 Å². The minimum Gasteiger partial charge on any atom is -0.461 e. The smallest absolute Gasteiger partial charge is 0.461 e. The Balaban J connectivity index is 2.10. The van der Waals surface area contributed by atoms with Gasteiger partial charge in [0.1, 0.15) is 6.61 Å². The van der Waals surface area contributed by atoms with Crippen LogP contribution in [0.2, 0.25) is 0 Å². The van der Waals surface area contributed by atoms with E-state index in [0.29, 0.717) is 6.42 Å². The number of phosphoric acid groups is 1. The Morgan fingerprint density at radius 3 is 2.44 bits per heavy atom. The molecular weight excluding hydrogens is 377 g/mol. The highest BCUT2D eigenvalue weighted by Crippen LogP contribution is 2.46. The summed E-state index contributed by atoms with van der Waals surface area (Å²) >= 11 is 0. The molecule has 0 aromatic heterocycles. The zero-order valence-electron chi connectivity index (χ0n) is 15.7.